The van der Waals surface area contributed by atoms with Gasteiger partial charge in [0.15, 0.2) is 0 Å². The molecule has 2 aromatic rings. The molecule has 3 rings (SSSR count). The number of ether oxygens (including phenoxy) is 1. The number of carbonyl (C=O) groups excluding carboxylic acids is 1. The molecule has 0 aliphatic carbocycles. The van der Waals surface area contributed by atoms with Crippen molar-refractivity contribution in [3.63, 3.8) is 0 Å². The minimum absolute atomic E-state index is 0.00773. The third kappa shape index (κ3) is 3.12. The van der Waals surface area contributed by atoms with Crippen LogP contribution in [0.25, 0.3) is 11.0 Å². The van der Waals surface area contributed by atoms with Gasteiger partial charge in [-0.15, -0.1) is 0 Å². The average Bonchev–Trinajstić information content (AvgIpc) is 3.15. The molecule has 1 N–H and O–H groups in total. The van der Waals surface area contributed by atoms with Crippen molar-refractivity contribution in [3.05, 3.63) is 35.6 Å². The number of hydrogen-bond acceptors (Lipinski definition) is 4. The van der Waals surface area contributed by atoms with Crippen molar-refractivity contribution in [2.75, 3.05) is 19.8 Å². The number of rotatable bonds is 5. The first kappa shape index (κ1) is 16.0. The van der Waals surface area contributed by atoms with E-state index in [9.17, 15) is 9.90 Å². The molecule has 5 heteroatoms. The molecule has 124 valence electrons. The van der Waals surface area contributed by atoms with Crippen molar-refractivity contribution in [2.24, 2.45) is 0 Å². The van der Waals surface area contributed by atoms with E-state index < -0.39 is 6.10 Å². The Balaban J connectivity index is 1.81. The van der Waals surface area contributed by atoms with Crippen LogP contribution in [0.4, 0.5) is 0 Å². The highest BCUT2D eigenvalue weighted by Crippen LogP contribution is 2.24. The van der Waals surface area contributed by atoms with Gasteiger partial charge in [0.05, 0.1) is 38.0 Å². The summed E-state index contributed by atoms with van der Waals surface area (Å²) in [6.45, 7) is 5.27. The zero-order valence-corrected chi connectivity index (χ0v) is 13.6. The van der Waals surface area contributed by atoms with E-state index in [-0.39, 0.29) is 18.4 Å². The molecule has 23 heavy (non-hydrogen) atoms. The lowest BCUT2D eigenvalue weighted by molar-refractivity contribution is -0.134. The summed E-state index contributed by atoms with van der Waals surface area (Å²) in [6.07, 6.45) is 2.28. The van der Waals surface area contributed by atoms with Crippen molar-refractivity contribution in [2.45, 2.75) is 38.8 Å². The van der Waals surface area contributed by atoms with Crippen LogP contribution in [0.1, 0.15) is 25.0 Å². The molecule has 1 aromatic carbocycles. The number of likely N-dealkylation sites (N-methyl/N-ethyl adjacent to an activating group) is 1. The lowest BCUT2D eigenvalue weighted by Gasteiger charge is -2.28. The first-order chi connectivity index (χ1) is 11.1. The van der Waals surface area contributed by atoms with Crippen molar-refractivity contribution in [1.82, 2.24) is 4.90 Å². The standard InChI is InChI=1S/C18H23NO4/c1-3-12-5-6-17-14(7-12)13(9-23-17)8-18(21)19(4-2)15-10-22-11-16(15)20/h5-7,9,15-16,20H,3-4,8,10-11H2,1-2H3/t15-,16-/m0/s1. The fourth-order valence-corrected chi connectivity index (χ4v) is 3.18. The van der Waals surface area contributed by atoms with Gasteiger partial charge >= 0.3 is 0 Å². The van der Waals surface area contributed by atoms with Crippen LogP contribution in [-0.4, -0.2) is 47.8 Å². The number of amides is 1. The molecule has 1 saturated heterocycles. The van der Waals surface area contributed by atoms with Crippen molar-refractivity contribution < 1.29 is 19.1 Å². The van der Waals surface area contributed by atoms with Crippen LogP contribution in [0.5, 0.6) is 0 Å². The molecule has 1 amide bonds. The summed E-state index contributed by atoms with van der Waals surface area (Å²) < 4.78 is 10.8. The minimum Gasteiger partial charge on any atom is -0.464 e. The van der Waals surface area contributed by atoms with E-state index in [4.69, 9.17) is 9.15 Å². The summed E-state index contributed by atoms with van der Waals surface area (Å²) in [5.41, 5.74) is 2.92. The van der Waals surface area contributed by atoms with E-state index >= 15 is 0 Å². The van der Waals surface area contributed by atoms with Gasteiger partial charge in [-0.25, -0.2) is 0 Å². The largest absolute Gasteiger partial charge is 0.464 e. The number of fused-ring (bicyclic) bond motifs is 1. The molecule has 2 atom stereocenters. The van der Waals surface area contributed by atoms with Gasteiger partial charge in [-0.3, -0.25) is 4.79 Å². The first-order valence-electron chi connectivity index (χ1n) is 8.18. The molecule has 2 heterocycles. The summed E-state index contributed by atoms with van der Waals surface area (Å²) in [7, 11) is 0. The Labute approximate surface area is 135 Å². The maximum Gasteiger partial charge on any atom is 0.227 e. The van der Waals surface area contributed by atoms with E-state index in [1.165, 1.54) is 5.56 Å². The summed E-state index contributed by atoms with van der Waals surface area (Å²) in [4.78, 5) is 14.4. The predicted octanol–water partition coefficient (Wildman–Crippen LogP) is 2.15. The number of nitrogens with zero attached hydrogens (tertiary/aromatic N) is 1. The molecular formula is C18H23NO4. The van der Waals surface area contributed by atoms with E-state index in [0.717, 1.165) is 23.0 Å². The van der Waals surface area contributed by atoms with Crippen LogP contribution >= 0.6 is 0 Å². The van der Waals surface area contributed by atoms with E-state index in [1.807, 2.05) is 19.1 Å². The van der Waals surface area contributed by atoms with Gasteiger partial charge in [-0.1, -0.05) is 13.0 Å². The van der Waals surface area contributed by atoms with Gasteiger partial charge in [0.25, 0.3) is 0 Å². The zero-order chi connectivity index (χ0) is 16.4. The number of carbonyl (C=O) groups is 1. The van der Waals surface area contributed by atoms with Crippen LogP contribution in [-0.2, 0) is 22.4 Å². The number of aryl methyl sites for hydroxylation is 1. The Morgan fingerprint density at radius 1 is 1.35 bits per heavy atom. The van der Waals surface area contributed by atoms with Gasteiger partial charge < -0.3 is 19.2 Å². The fourth-order valence-electron chi connectivity index (χ4n) is 3.18. The average molecular weight is 317 g/mol. The van der Waals surface area contributed by atoms with Crippen LogP contribution in [0, 0.1) is 0 Å². The number of furan rings is 1. The second-order valence-electron chi connectivity index (χ2n) is 5.97. The van der Waals surface area contributed by atoms with Gasteiger partial charge in [-0.2, -0.15) is 0 Å². The Kier molecular flexibility index (Phi) is 4.68. The Morgan fingerprint density at radius 2 is 2.17 bits per heavy atom. The van der Waals surface area contributed by atoms with E-state index in [2.05, 4.69) is 13.0 Å². The number of benzene rings is 1. The molecule has 0 unspecified atom stereocenters. The zero-order valence-electron chi connectivity index (χ0n) is 13.6. The van der Waals surface area contributed by atoms with Crippen molar-refractivity contribution in [3.8, 4) is 0 Å². The Bertz CT molecular complexity index is 693. The summed E-state index contributed by atoms with van der Waals surface area (Å²) in [5.74, 6) is -0.00773. The summed E-state index contributed by atoms with van der Waals surface area (Å²) in [5, 5.41) is 11.0. The molecule has 0 radical (unpaired) electrons. The molecule has 5 nitrogen and oxygen atoms in total. The van der Waals surface area contributed by atoms with E-state index in [1.54, 1.807) is 11.2 Å². The molecule has 1 aliphatic heterocycles. The maximum atomic E-state index is 12.7. The third-order valence-corrected chi connectivity index (χ3v) is 4.55. The molecule has 1 fully saturated rings. The molecule has 0 saturated carbocycles. The topological polar surface area (TPSA) is 62.9 Å². The lowest BCUT2D eigenvalue weighted by atomic mass is 10.0. The highest BCUT2D eigenvalue weighted by molar-refractivity contribution is 5.88. The highest BCUT2D eigenvalue weighted by Gasteiger charge is 2.33. The maximum absolute atomic E-state index is 12.7. The lowest BCUT2D eigenvalue weighted by Crippen LogP contribution is -2.47. The normalized spacial score (nSPS) is 21.0. The Morgan fingerprint density at radius 3 is 2.83 bits per heavy atom. The van der Waals surface area contributed by atoms with Crippen LogP contribution < -0.4 is 0 Å². The number of hydrogen-bond donors (Lipinski definition) is 1. The SMILES string of the molecule is CCc1ccc2occ(CC(=O)N(CC)[C@H]3COC[C@@H]3O)c2c1. The van der Waals surface area contributed by atoms with Crippen LogP contribution in [0.3, 0.4) is 0 Å². The first-order valence-corrected chi connectivity index (χ1v) is 8.18. The van der Waals surface area contributed by atoms with Crippen LogP contribution in [0.2, 0.25) is 0 Å². The van der Waals surface area contributed by atoms with Crippen LogP contribution in [0.15, 0.2) is 28.9 Å². The number of aliphatic hydroxyl groups excluding tert-OH is 1. The molecular weight excluding hydrogens is 294 g/mol. The molecule has 1 aromatic heterocycles. The van der Waals surface area contributed by atoms with E-state index in [0.29, 0.717) is 19.8 Å². The predicted molar refractivity (Wildman–Crippen MR) is 87.3 cm³/mol. The smallest absolute Gasteiger partial charge is 0.227 e. The van der Waals surface area contributed by atoms with Gasteiger partial charge in [0, 0.05) is 17.5 Å². The second-order valence-corrected chi connectivity index (χ2v) is 5.97. The van der Waals surface area contributed by atoms with Gasteiger partial charge in [-0.05, 0) is 31.0 Å². The van der Waals surface area contributed by atoms with Crippen molar-refractivity contribution in [1.29, 1.82) is 0 Å². The monoisotopic (exact) mass is 317 g/mol. The highest BCUT2D eigenvalue weighted by atomic mass is 16.5. The third-order valence-electron chi connectivity index (χ3n) is 4.55. The molecule has 0 spiro atoms. The summed E-state index contributed by atoms with van der Waals surface area (Å²) in [6, 6.07) is 5.83. The molecule has 0 bridgehead atoms. The van der Waals surface area contributed by atoms with Gasteiger partial charge in [0.1, 0.15) is 5.58 Å². The number of aliphatic hydroxyl groups is 1. The minimum atomic E-state index is -0.605. The van der Waals surface area contributed by atoms with Crippen molar-refractivity contribution >= 4 is 16.9 Å². The Hall–Kier alpha value is -1.85. The second kappa shape index (κ2) is 6.72. The summed E-state index contributed by atoms with van der Waals surface area (Å²) >= 11 is 0. The molecule has 1 aliphatic rings. The fraction of sp³-hybridized carbons (Fsp3) is 0.500. The quantitative estimate of drug-likeness (QED) is 0.918. The van der Waals surface area contributed by atoms with Gasteiger partial charge in [0.2, 0.25) is 5.91 Å².